The predicted molar refractivity (Wildman–Crippen MR) is 91.1 cm³/mol. The summed E-state index contributed by atoms with van der Waals surface area (Å²) in [5.41, 5.74) is 1.24. The van der Waals surface area contributed by atoms with E-state index in [4.69, 9.17) is 5.11 Å². The van der Waals surface area contributed by atoms with E-state index in [1.54, 1.807) is 26.8 Å². The Balaban J connectivity index is 1.63. The molecule has 7 heteroatoms. The Bertz CT molecular complexity index is 698. The summed E-state index contributed by atoms with van der Waals surface area (Å²) in [4.78, 5) is 11.1. The molecule has 1 N–H and O–H groups in total. The molecule has 0 aliphatic carbocycles. The Kier molecular flexibility index (Phi) is 5.22. The third-order valence-electron chi connectivity index (χ3n) is 4.91. The average Bonchev–Trinajstić information content (AvgIpc) is 3.05. The molecule has 1 unspecified atom stereocenters. The fraction of sp³-hybridized carbons (Fsp3) is 0.588. The Hall–Kier alpha value is -1.44. The summed E-state index contributed by atoms with van der Waals surface area (Å²) in [6.45, 7) is 2.34. The van der Waals surface area contributed by atoms with Crippen LogP contribution >= 0.6 is 0 Å². The maximum Gasteiger partial charge on any atom is 0.335 e. The number of hydrogen-bond acceptors (Lipinski definition) is 3. The first-order valence-electron chi connectivity index (χ1n) is 8.54. The van der Waals surface area contributed by atoms with Crippen molar-refractivity contribution in [3.63, 3.8) is 0 Å². The molecular formula is C17H24N2O4S. The van der Waals surface area contributed by atoms with Gasteiger partial charge in [0, 0.05) is 26.2 Å². The van der Waals surface area contributed by atoms with E-state index in [0.717, 1.165) is 31.2 Å². The van der Waals surface area contributed by atoms with Gasteiger partial charge in [-0.25, -0.2) is 4.79 Å². The molecule has 3 rings (SSSR count). The molecule has 2 fully saturated rings. The number of carboxylic acids is 1. The number of hydrogen-bond donors (Lipinski definition) is 1. The van der Waals surface area contributed by atoms with Crippen LogP contribution in [0.3, 0.4) is 0 Å². The Morgan fingerprint density at radius 2 is 1.88 bits per heavy atom. The highest BCUT2D eigenvalue weighted by Gasteiger charge is 2.35. The van der Waals surface area contributed by atoms with Gasteiger partial charge in [0.15, 0.2) is 0 Å². The summed E-state index contributed by atoms with van der Waals surface area (Å²) in [6.07, 6.45) is 4.53. The first-order valence-corrected chi connectivity index (χ1v) is 9.94. The summed E-state index contributed by atoms with van der Waals surface area (Å²) >= 11 is 0. The number of benzene rings is 1. The van der Waals surface area contributed by atoms with Crippen molar-refractivity contribution in [3.8, 4) is 0 Å². The van der Waals surface area contributed by atoms with Crippen molar-refractivity contribution in [2.45, 2.75) is 32.1 Å². The smallest absolute Gasteiger partial charge is 0.335 e. The van der Waals surface area contributed by atoms with Gasteiger partial charge in [-0.3, -0.25) is 0 Å². The monoisotopic (exact) mass is 352 g/mol. The number of carbonyl (C=O) groups is 1. The quantitative estimate of drug-likeness (QED) is 0.879. The molecule has 0 spiro atoms. The van der Waals surface area contributed by atoms with Gasteiger partial charge in [0.25, 0.3) is 10.2 Å². The Morgan fingerprint density at radius 3 is 2.58 bits per heavy atom. The first kappa shape index (κ1) is 17.4. The summed E-state index contributed by atoms with van der Waals surface area (Å²) in [5, 5.41) is 9.07. The third-order valence-corrected chi connectivity index (χ3v) is 6.92. The molecule has 132 valence electrons. The summed E-state index contributed by atoms with van der Waals surface area (Å²) in [7, 11) is -3.34. The molecule has 1 aromatic rings. The van der Waals surface area contributed by atoms with Crippen molar-refractivity contribution in [2.75, 3.05) is 26.2 Å². The lowest BCUT2D eigenvalue weighted by Gasteiger charge is -2.30. The van der Waals surface area contributed by atoms with Crippen LogP contribution in [0, 0.1) is 5.92 Å². The summed E-state index contributed by atoms with van der Waals surface area (Å²) in [5.74, 6) is -0.689. The molecule has 6 nitrogen and oxygen atoms in total. The zero-order valence-corrected chi connectivity index (χ0v) is 14.5. The first-order chi connectivity index (χ1) is 11.5. The lowest BCUT2D eigenvalue weighted by molar-refractivity contribution is 0.0696. The summed E-state index contributed by atoms with van der Waals surface area (Å²) < 4.78 is 28.6. The van der Waals surface area contributed by atoms with Crippen LogP contribution in [0.4, 0.5) is 0 Å². The van der Waals surface area contributed by atoms with Gasteiger partial charge in [-0.2, -0.15) is 17.0 Å². The Morgan fingerprint density at radius 1 is 1.12 bits per heavy atom. The van der Waals surface area contributed by atoms with Crippen LogP contribution in [0.5, 0.6) is 0 Å². The topological polar surface area (TPSA) is 77.9 Å². The van der Waals surface area contributed by atoms with Gasteiger partial charge in [-0.05, 0) is 49.3 Å². The molecule has 2 heterocycles. The second-order valence-corrected chi connectivity index (χ2v) is 8.62. The lowest BCUT2D eigenvalue weighted by Crippen LogP contribution is -2.45. The standard InChI is InChI=1S/C17H24N2O4S/c20-17(21)16-6-4-5-14(12-16)11-15-7-10-19(13-15)24(22,23)18-8-2-1-3-9-18/h4-6,12,15H,1-3,7-11,13H2,(H,20,21). The maximum atomic E-state index is 12.7. The molecular weight excluding hydrogens is 328 g/mol. The lowest BCUT2D eigenvalue weighted by atomic mass is 9.97. The van der Waals surface area contributed by atoms with Crippen molar-refractivity contribution in [2.24, 2.45) is 5.92 Å². The van der Waals surface area contributed by atoms with Gasteiger partial charge in [-0.15, -0.1) is 0 Å². The largest absolute Gasteiger partial charge is 0.478 e. The van der Waals surface area contributed by atoms with Crippen LogP contribution in [0.25, 0.3) is 0 Å². The molecule has 1 atom stereocenters. The van der Waals surface area contributed by atoms with E-state index < -0.39 is 16.2 Å². The second kappa shape index (κ2) is 7.21. The van der Waals surface area contributed by atoms with Crippen LogP contribution in [0.15, 0.2) is 24.3 Å². The SMILES string of the molecule is O=C(O)c1cccc(CC2CCN(S(=O)(=O)N3CCCCC3)C2)c1. The number of aromatic carboxylic acids is 1. The van der Waals surface area contributed by atoms with E-state index in [1.807, 2.05) is 6.07 Å². The minimum absolute atomic E-state index is 0.244. The van der Waals surface area contributed by atoms with Gasteiger partial charge in [0.2, 0.25) is 0 Å². The minimum atomic E-state index is -3.34. The van der Waals surface area contributed by atoms with Crippen LogP contribution in [-0.2, 0) is 16.6 Å². The van der Waals surface area contributed by atoms with E-state index in [0.29, 0.717) is 32.6 Å². The van der Waals surface area contributed by atoms with Crippen molar-refractivity contribution in [1.82, 2.24) is 8.61 Å². The molecule has 0 aromatic heterocycles. The van der Waals surface area contributed by atoms with Gasteiger partial charge in [0.05, 0.1) is 5.56 Å². The maximum absolute atomic E-state index is 12.7. The minimum Gasteiger partial charge on any atom is -0.478 e. The molecule has 2 aliphatic rings. The number of rotatable bonds is 5. The van der Waals surface area contributed by atoms with E-state index in [9.17, 15) is 13.2 Å². The highest BCUT2D eigenvalue weighted by atomic mass is 32.2. The van der Waals surface area contributed by atoms with Crippen LogP contribution in [-0.4, -0.2) is 54.3 Å². The van der Waals surface area contributed by atoms with E-state index in [2.05, 4.69) is 0 Å². The Labute approximate surface area is 143 Å². The van der Waals surface area contributed by atoms with Crippen molar-refractivity contribution in [3.05, 3.63) is 35.4 Å². The molecule has 2 aliphatic heterocycles. The zero-order valence-electron chi connectivity index (χ0n) is 13.7. The van der Waals surface area contributed by atoms with Crippen molar-refractivity contribution < 1.29 is 18.3 Å². The zero-order chi connectivity index (χ0) is 17.2. The van der Waals surface area contributed by atoms with Crippen molar-refractivity contribution >= 4 is 16.2 Å². The van der Waals surface area contributed by atoms with Crippen molar-refractivity contribution in [1.29, 1.82) is 0 Å². The number of carboxylic acid groups (broad SMARTS) is 1. The van der Waals surface area contributed by atoms with Crippen LogP contribution in [0.2, 0.25) is 0 Å². The van der Waals surface area contributed by atoms with Gasteiger partial charge in [0.1, 0.15) is 0 Å². The van der Waals surface area contributed by atoms with Gasteiger partial charge < -0.3 is 5.11 Å². The molecule has 0 bridgehead atoms. The van der Waals surface area contributed by atoms with Crippen LogP contribution in [0.1, 0.15) is 41.6 Å². The highest BCUT2D eigenvalue weighted by Crippen LogP contribution is 2.26. The fourth-order valence-corrected chi connectivity index (χ4v) is 5.38. The molecule has 0 saturated carbocycles. The molecule has 24 heavy (non-hydrogen) atoms. The van der Waals surface area contributed by atoms with E-state index in [-0.39, 0.29) is 11.5 Å². The number of nitrogens with zero attached hydrogens (tertiary/aromatic N) is 2. The van der Waals surface area contributed by atoms with E-state index in [1.165, 1.54) is 0 Å². The fourth-order valence-electron chi connectivity index (χ4n) is 3.60. The normalized spacial score (nSPS) is 23.4. The second-order valence-electron chi connectivity index (χ2n) is 6.69. The molecule has 0 amide bonds. The van der Waals surface area contributed by atoms with Gasteiger partial charge >= 0.3 is 5.97 Å². The van der Waals surface area contributed by atoms with Crippen LogP contribution < -0.4 is 0 Å². The van der Waals surface area contributed by atoms with Gasteiger partial charge in [-0.1, -0.05) is 18.6 Å². The molecule has 0 radical (unpaired) electrons. The van der Waals surface area contributed by atoms with E-state index >= 15 is 0 Å². The average molecular weight is 352 g/mol. The number of piperidine rings is 1. The summed E-state index contributed by atoms with van der Waals surface area (Å²) in [6, 6.07) is 6.92. The molecule has 2 saturated heterocycles. The molecule has 1 aromatic carbocycles. The predicted octanol–water partition coefficient (Wildman–Crippen LogP) is 1.98. The third kappa shape index (κ3) is 3.79. The highest BCUT2D eigenvalue weighted by molar-refractivity contribution is 7.86.